The molecule has 0 bridgehead atoms. The molecule has 100 valence electrons. The maximum atomic E-state index is 8.91. The van der Waals surface area contributed by atoms with Crippen molar-refractivity contribution < 1.29 is 4.74 Å². The Labute approximate surface area is 113 Å². The third kappa shape index (κ3) is 2.85. The van der Waals surface area contributed by atoms with E-state index >= 15 is 0 Å². The van der Waals surface area contributed by atoms with E-state index < -0.39 is 0 Å². The Kier molecular flexibility index (Phi) is 4.03. The second kappa shape index (κ2) is 5.72. The van der Waals surface area contributed by atoms with Crippen LogP contribution in [0.5, 0.6) is 5.75 Å². The summed E-state index contributed by atoms with van der Waals surface area (Å²) in [7, 11) is 5.71. The zero-order valence-corrected chi connectivity index (χ0v) is 11.6. The molecule has 0 fully saturated rings. The lowest BCUT2D eigenvalue weighted by Crippen LogP contribution is -2.19. The fourth-order valence-corrected chi connectivity index (χ4v) is 2.04. The molecule has 0 atom stereocenters. The Morgan fingerprint density at radius 2 is 2.21 bits per heavy atom. The highest BCUT2D eigenvalue weighted by Crippen LogP contribution is 2.22. The number of likely N-dealkylation sites (N-methyl/N-ethyl adjacent to an activating group) is 1. The number of hydrogen-bond donors (Lipinski definition) is 0. The van der Waals surface area contributed by atoms with Crippen LogP contribution in [0.25, 0.3) is 11.0 Å². The minimum Gasteiger partial charge on any atom is -0.497 e. The van der Waals surface area contributed by atoms with Crippen molar-refractivity contribution in [2.24, 2.45) is 0 Å². The topological polar surface area (TPSA) is 54.1 Å². The minimum atomic E-state index is 0.324. The van der Waals surface area contributed by atoms with Crippen LogP contribution in [-0.4, -0.2) is 42.2 Å². The van der Waals surface area contributed by atoms with E-state index in [2.05, 4.69) is 20.5 Å². The van der Waals surface area contributed by atoms with Crippen LogP contribution in [0.3, 0.4) is 0 Å². The van der Waals surface area contributed by atoms with Crippen molar-refractivity contribution in [1.29, 1.82) is 5.26 Å². The van der Waals surface area contributed by atoms with Gasteiger partial charge in [0.2, 0.25) is 0 Å². The van der Waals surface area contributed by atoms with Gasteiger partial charge in [0.05, 0.1) is 30.6 Å². The first-order valence-corrected chi connectivity index (χ1v) is 6.20. The molecule has 0 amide bonds. The van der Waals surface area contributed by atoms with Crippen LogP contribution >= 0.6 is 0 Å². The summed E-state index contributed by atoms with van der Waals surface area (Å²) in [6.45, 7) is 1.74. The lowest BCUT2D eigenvalue weighted by molar-refractivity contribution is 0.384. The molecule has 5 nitrogen and oxygen atoms in total. The molecule has 0 radical (unpaired) electrons. The van der Waals surface area contributed by atoms with Crippen LogP contribution in [0.2, 0.25) is 0 Å². The lowest BCUT2D eigenvalue weighted by Gasteiger charge is -2.12. The number of fused-ring (bicyclic) bond motifs is 1. The van der Waals surface area contributed by atoms with Gasteiger partial charge in [-0.15, -0.1) is 0 Å². The number of benzene rings is 1. The van der Waals surface area contributed by atoms with Gasteiger partial charge in [0.25, 0.3) is 0 Å². The van der Waals surface area contributed by atoms with E-state index in [0.29, 0.717) is 6.42 Å². The standard InChI is InChI=1S/C14H18N4O/c1-17(2)8-9-18-13-5-4-11(19-3)10-12(13)16-14(18)6-7-15/h4-5,10H,6,8-9H2,1-3H3. The summed E-state index contributed by atoms with van der Waals surface area (Å²) in [6.07, 6.45) is 0.324. The monoisotopic (exact) mass is 258 g/mol. The molecule has 0 aliphatic rings. The SMILES string of the molecule is COc1ccc2c(c1)nc(CC#N)n2CCN(C)C. The third-order valence-corrected chi connectivity index (χ3v) is 3.04. The molecule has 0 aliphatic carbocycles. The molecular weight excluding hydrogens is 240 g/mol. The number of nitriles is 1. The van der Waals surface area contributed by atoms with E-state index in [0.717, 1.165) is 35.7 Å². The molecule has 0 unspecified atom stereocenters. The second-order valence-electron chi connectivity index (χ2n) is 4.67. The molecule has 2 rings (SSSR count). The highest BCUT2D eigenvalue weighted by molar-refractivity contribution is 5.77. The van der Waals surface area contributed by atoms with Crippen LogP contribution in [0.4, 0.5) is 0 Å². The smallest absolute Gasteiger partial charge is 0.124 e. The molecule has 5 heteroatoms. The first kappa shape index (κ1) is 13.4. The number of aromatic nitrogens is 2. The fraction of sp³-hybridized carbons (Fsp3) is 0.429. The second-order valence-corrected chi connectivity index (χ2v) is 4.67. The summed E-state index contributed by atoms with van der Waals surface area (Å²) in [5.41, 5.74) is 1.93. The summed E-state index contributed by atoms with van der Waals surface area (Å²) >= 11 is 0. The van der Waals surface area contributed by atoms with Crippen molar-refractivity contribution in [2.45, 2.75) is 13.0 Å². The van der Waals surface area contributed by atoms with E-state index in [-0.39, 0.29) is 0 Å². The third-order valence-electron chi connectivity index (χ3n) is 3.04. The number of rotatable bonds is 5. The van der Waals surface area contributed by atoms with Crippen molar-refractivity contribution in [3.8, 4) is 11.8 Å². The number of hydrogen-bond acceptors (Lipinski definition) is 4. The molecule has 1 aromatic carbocycles. The fourth-order valence-electron chi connectivity index (χ4n) is 2.04. The highest BCUT2D eigenvalue weighted by atomic mass is 16.5. The van der Waals surface area contributed by atoms with Gasteiger partial charge in [-0.1, -0.05) is 0 Å². The van der Waals surface area contributed by atoms with Crippen molar-refractivity contribution >= 4 is 11.0 Å². The Balaban J connectivity index is 2.45. The van der Waals surface area contributed by atoms with Crippen LogP contribution in [0.1, 0.15) is 5.82 Å². The van der Waals surface area contributed by atoms with Crippen molar-refractivity contribution in [2.75, 3.05) is 27.7 Å². The molecule has 19 heavy (non-hydrogen) atoms. The number of imidazole rings is 1. The van der Waals surface area contributed by atoms with Gasteiger partial charge in [-0.25, -0.2) is 4.98 Å². The molecule has 1 aromatic heterocycles. The van der Waals surface area contributed by atoms with Gasteiger partial charge in [0.15, 0.2) is 0 Å². The van der Waals surface area contributed by atoms with E-state index in [4.69, 9.17) is 10.00 Å². The maximum Gasteiger partial charge on any atom is 0.124 e. The molecule has 0 aliphatic heterocycles. The van der Waals surface area contributed by atoms with Gasteiger partial charge in [-0.3, -0.25) is 0 Å². The largest absolute Gasteiger partial charge is 0.497 e. The first-order chi connectivity index (χ1) is 9.15. The van der Waals surface area contributed by atoms with Crippen molar-refractivity contribution in [3.63, 3.8) is 0 Å². The zero-order valence-electron chi connectivity index (χ0n) is 11.6. The highest BCUT2D eigenvalue weighted by Gasteiger charge is 2.11. The predicted octanol–water partition coefficient (Wildman–Crippen LogP) is 1.67. The number of methoxy groups -OCH3 is 1. The average Bonchev–Trinajstić information content (AvgIpc) is 2.73. The molecule has 0 saturated heterocycles. The summed E-state index contributed by atoms with van der Waals surface area (Å²) in [5.74, 6) is 1.60. The van der Waals surface area contributed by atoms with Gasteiger partial charge in [-0.05, 0) is 26.2 Å². The number of nitrogens with zero attached hydrogens (tertiary/aromatic N) is 4. The molecule has 0 N–H and O–H groups in total. The van der Waals surface area contributed by atoms with Gasteiger partial charge in [0, 0.05) is 19.2 Å². The van der Waals surface area contributed by atoms with Crippen LogP contribution in [0.15, 0.2) is 18.2 Å². The Morgan fingerprint density at radius 3 is 2.84 bits per heavy atom. The molecule has 0 saturated carbocycles. The predicted molar refractivity (Wildman–Crippen MR) is 74.2 cm³/mol. The summed E-state index contributed by atoms with van der Waals surface area (Å²) in [6, 6.07) is 8.00. The van der Waals surface area contributed by atoms with E-state index in [1.807, 2.05) is 32.3 Å². The Hall–Kier alpha value is -2.06. The first-order valence-electron chi connectivity index (χ1n) is 6.20. The van der Waals surface area contributed by atoms with Crippen LogP contribution in [0, 0.1) is 11.3 Å². The quantitative estimate of drug-likeness (QED) is 0.818. The minimum absolute atomic E-state index is 0.324. The summed E-state index contributed by atoms with van der Waals surface area (Å²) in [4.78, 5) is 6.65. The molecule has 2 aromatic rings. The van der Waals surface area contributed by atoms with Gasteiger partial charge < -0.3 is 14.2 Å². The van der Waals surface area contributed by atoms with E-state index in [9.17, 15) is 0 Å². The van der Waals surface area contributed by atoms with Gasteiger partial charge in [0.1, 0.15) is 11.6 Å². The zero-order chi connectivity index (χ0) is 13.8. The molecule has 1 heterocycles. The van der Waals surface area contributed by atoms with Gasteiger partial charge >= 0.3 is 0 Å². The summed E-state index contributed by atoms with van der Waals surface area (Å²) in [5, 5.41) is 8.91. The van der Waals surface area contributed by atoms with Crippen LogP contribution in [-0.2, 0) is 13.0 Å². The van der Waals surface area contributed by atoms with E-state index in [1.165, 1.54) is 0 Å². The van der Waals surface area contributed by atoms with Crippen molar-refractivity contribution in [1.82, 2.24) is 14.5 Å². The lowest BCUT2D eigenvalue weighted by atomic mass is 10.3. The Morgan fingerprint density at radius 1 is 1.42 bits per heavy atom. The summed E-state index contributed by atoms with van der Waals surface area (Å²) < 4.78 is 7.32. The Bertz CT molecular complexity index is 610. The van der Waals surface area contributed by atoms with Crippen LogP contribution < -0.4 is 4.74 Å². The van der Waals surface area contributed by atoms with E-state index in [1.54, 1.807) is 7.11 Å². The average molecular weight is 258 g/mol. The normalized spacial score (nSPS) is 10.9. The number of ether oxygens (including phenoxy) is 1. The maximum absolute atomic E-state index is 8.91. The van der Waals surface area contributed by atoms with Gasteiger partial charge in [-0.2, -0.15) is 5.26 Å². The molecular formula is C14H18N4O. The van der Waals surface area contributed by atoms with Crippen molar-refractivity contribution in [3.05, 3.63) is 24.0 Å². The molecule has 0 spiro atoms.